The third kappa shape index (κ3) is 4.71. The van der Waals surface area contributed by atoms with Crippen molar-refractivity contribution in [3.05, 3.63) is 70.8 Å². The van der Waals surface area contributed by atoms with Crippen LogP contribution in [0.15, 0.2) is 53.0 Å². The van der Waals surface area contributed by atoms with E-state index in [1.54, 1.807) is 0 Å². The molecule has 178 valence electrons. The molecule has 3 heterocycles. The quantitative estimate of drug-likeness (QED) is 0.197. The number of hydrogen-bond acceptors (Lipinski definition) is 4. The highest BCUT2D eigenvalue weighted by atomic mass is 32.1. The van der Waals surface area contributed by atoms with Gasteiger partial charge in [-0.05, 0) is 79.1 Å². The van der Waals surface area contributed by atoms with Gasteiger partial charge < -0.3 is 9.73 Å². The van der Waals surface area contributed by atoms with Gasteiger partial charge in [-0.1, -0.05) is 69.2 Å². The van der Waals surface area contributed by atoms with Gasteiger partial charge in [0.15, 0.2) is 0 Å². The molecule has 2 aliphatic heterocycles. The predicted molar refractivity (Wildman–Crippen MR) is 148 cm³/mol. The zero-order chi connectivity index (χ0) is 23.5. The van der Waals surface area contributed by atoms with E-state index in [0.717, 1.165) is 72.7 Å². The normalized spacial score (nSPS) is 18.2. The highest BCUT2D eigenvalue weighted by Gasteiger charge is 2.30. The lowest BCUT2D eigenvalue weighted by Gasteiger charge is -2.29. The Hall–Kier alpha value is -2.43. The van der Waals surface area contributed by atoms with Crippen LogP contribution in [0.2, 0.25) is 0 Å². The monoisotopic (exact) mass is 472 g/mol. The van der Waals surface area contributed by atoms with E-state index >= 15 is 0 Å². The van der Waals surface area contributed by atoms with E-state index in [9.17, 15) is 0 Å². The van der Waals surface area contributed by atoms with Crippen LogP contribution in [0.1, 0.15) is 74.6 Å². The number of benzene rings is 2. The van der Waals surface area contributed by atoms with Crippen LogP contribution in [0, 0.1) is 0 Å². The zero-order valence-corrected chi connectivity index (χ0v) is 21.3. The topological polar surface area (TPSA) is 28.4 Å². The SMILES string of the molecule is CCCCNc1oc2ccc(C(=S)c3ccc(CCC)cc3)cc2c1C1=CCN2CCCC2C1. The van der Waals surface area contributed by atoms with E-state index in [-0.39, 0.29) is 0 Å². The van der Waals surface area contributed by atoms with E-state index in [2.05, 4.69) is 72.6 Å². The summed E-state index contributed by atoms with van der Waals surface area (Å²) in [7, 11) is 0. The van der Waals surface area contributed by atoms with Gasteiger partial charge in [-0.3, -0.25) is 4.90 Å². The van der Waals surface area contributed by atoms with Gasteiger partial charge in [0.05, 0.1) is 4.86 Å². The smallest absolute Gasteiger partial charge is 0.201 e. The molecule has 1 aromatic heterocycles. The van der Waals surface area contributed by atoms with Gasteiger partial charge in [0.1, 0.15) is 5.58 Å². The van der Waals surface area contributed by atoms with Crippen molar-refractivity contribution in [3.8, 4) is 0 Å². The van der Waals surface area contributed by atoms with Crippen molar-refractivity contribution < 1.29 is 4.42 Å². The molecule has 4 heteroatoms. The van der Waals surface area contributed by atoms with Crippen molar-refractivity contribution >= 4 is 39.5 Å². The minimum atomic E-state index is 0.666. The first-order valence-electron chi connectivity index (χ1n) is 13.1. The Morgan fingerprint density at radius 2 is 1.91 bits per heavy atom. The molecule has 2 aliphatic rings. The molecule has 0 spiro atoms. The number of fused-ring (bicyclic) bond motifs is 2. The molecule has 5 rings (SSSR count). The molecule has 0 amide bonds. The fourth-order valence-corrected chi connectivity index (χ4v) is 5.74. The Morgan fingerprint density at radius 1 is 1.09 bits per heavy atom. The van der Waals surface area contributed by atoms with Crippen LogP contribution >= 0.6 is 12.2 Å². The minimum absolute atomic E-state index is 0.666. The van der Waals surface area contributed by atoms with Gasteiger partial charge >= 0.3 is 0 Å². The molecule has 0 bridgehead atoms. The summed E-state index contributed by atoms with van der Waals surface area (Å²) in [6, 6.07) is 15.9. The summed E-state index contributed by atoms with van der Waals surface area (Å²) in [6.07, 6.45) is 10.7. The molecule has 1 saturated heterocycles. The first kappa shape index (κ1) is 23.3. The van der Waals surface area contributed by atoms with Gasteiger partial charge in [-0.15, -0.1) is 0 Å². The molecule has 34 heavy (non-hydrogen) atoms. The van der Waals surface area contributed by atoms with Crippen LogP contribution in [0.5, 0.6) is 0 Å². The minimum Gasteiger partial charge on any atom is -0.440 e. The predicted octanol–water partition coefficient (Wildman–Crippen LogP) is 7.62. The molecule has 3 aromatic rings. The van der Waals surface area contributed by atoms with E-state index in [1.807, 2.05) is 0 Å². The van der Waals surface area contributed by atoms with Gasteiger partial charge in [-0.25, -0.2) is 0 Å². The molecular weight excluding hydrogens is 436 g/mol. The average molecular weight is 473 g/mol. The van der Waals surface area contributed by atoms with Crippen LogP contribution in [0.25, 0.3) is 16.5 Å². The van der Waals surface area contributed by atoms with E-state index in [4.69, 9.17) is 16.6 Å². The van der Waals surface area contributed by atoms with Crippen LogP contribution in [-0.4, -0.2) is 35.4 Å². The summed E-state index contributed by atoms with van der Waals surface area (Å²) < 4.78 is 6.38. The van der Waals surface area contributed by atoms with Crippen molar-refractivity contribution in [1.29, 1.82) is 0 Å². The molecule has 1 N–H and O–H groups in total. The molecular formula is C30H36N2OS. The Balaban J connectivity index is 1.51. The Kier molecular flexibility index (Phi) is 7.17. The number of furan rings is 1. The molecule has 0 aliphatic carbocycles. The highest BCUT2D eigenvalue weighted by molar-refractivity contribution is 7.81. The fourth-order valence-electron chi connectivity index (χ4n) is 5.47. The van der Waals surface area contributed by atoms with Crippen molar-refractivity contribution in [2.24, 2.45) is 0 Å². The number of hydrogen-bond donors (Lipinski definition) is 1. The number of nitrogens with zero attached hydrogens (tertiary/aromatic N) is 1. The largest absolute Gasteiger partial charge is 0.440 e. The lowest BCUT2D eigenvalue weighted by atomic mass is 9.92. The van der Waals surface area contributed by atoms with E-state index < -0.39 is 0 Å². The molecule has 0 saturated carbocycles. The maximum Gasteiger partial charge on any atom is 0.201 e. The van der Waals surface area contributed by atoms with Crippen LogP contribution in [0.3, 0.4) is 0 Å². The number of nitrogens with one attached hydrogen (secondary N) is 1. The molecule has 1 fully saturated rings. The first-order valence-corrected chi connectivity index (χ1v) is 13.5. The average Bonchev–Trinajstić information content (AvgIpc) is 3.47. The van der Waals surface area contributed by atoms with Gasteiger partial charge in [0, 0.05) is 30.1 Å². The second kappa shape index (κ2) is 10.5. The van der Waals surface area contributed by atoms with Gasteiger partial charge in [-0.2, -0.15) is 0 Å². The van der Waals surface area contributed by atoms with Crippen molar-refractivity contribution in [2.75, 3.05) is 25.0 Å². The van der Waals surface area contributed by atoms with Gasteiger partial charge in [0.25, 0.3) is 0 Å². The summed E-state index contributed by atoms with van der Waals surface area (Å²) in [6.45, 7) is 7.65. The number of unbranched alkanes of at least 4 members (excludes halogenated alkanes) is 1. The molecule has 2 aromatic carbocycles. The van der Waals surface area contributed by atoms with Gasteiger partial charge in [0.2, 0.25) is 5.88 Å². The second-order valence-corrected chi connectivity index (χ2v) is 10.2. The second-order valence-electron chi connectivity index (χ2n) is 9.80. The fraction of sp³-hybridized carbons (Fsp3) is 0.433. The van der Waals surface area contributed by atoms with Crippen LogP contribution in [-0.2, 0) is 6.42 Å². The summed E-state index contributed by atoms with van der Waals surface area (Å²) in [5.41, 5.74) is 7.18. The summed E-state index contributed by atoms with van der Waals surface area (Å²) >= 11 is 5.94. The lowest BCUT2D eigenvalue weighted by molar-refractivity contribution is 0.275. The third-order valence-electron chi connectivity index (χ3n) is 7.37. The zero-order valence-electron chi connectivity index (χ0n) is 20.5. The molecule has 3 nitrogen and oxygen atoms in total. The van der Waals surface area contributed by atoms with Crippen molar-refractivity contribution in [2.45, 2.75) is 64.8 Å². The van der Waals surface area contributed by atoms with Crippen LogP contribution < -0.4 is 5.32 Å². The van der Waals surface area contributed by atoms with Crippen molar-refractivity contribution in [1.82, 2.24) is 4.90 Å². The number of aryl methyl sites for hydroxylation is 1. The Bertz CT molecular complexity index is 1190. The molecule has 0 radical (unpaired) electrons. The first-order chi connectivity index (χ1) is 16.7. The standard InChI is InChI=1S/C30H36N2OS/c1-3-5-16-31-30-28(23-15-18-32-17-6-8-25(32)19-23)26-20-24(13-14-27(26)33-30)29(34)22-11-9-21(7-4-2)10-12-22/h9-15,20,25,31H,3-8,16-19H2,1-2H3. The lowest BCUT2D eigenvalue weighted by Crippen LogP contribution is -2.32. The van der Waals surface area contributed by atoms with Crippen LogP contribution in [0.4, 0.5) is 5.88 Å². The number of anilines is 1. The summed E-state index contributed by atoms with van der Waals surface area (Å²) in [5, 5.41) is 4.78. The van der Waals surface area contributed by atoms with E-state index in [0.29, 0.717) is 6.04 Å². The summed E-state index contributed by atoms with van der Waals surface area (Å²) in [4.78, 5) is 3.52. The highest BCUT2D eigenvalue weighted by Crippen LogP contribution is 2.41. The Labute approximate surface area is 209 Å². The van der Waals surface area contributed by atoms with Crippen molar-refractivity contribution in [3.63, 3.8) is 0 Å². The Morgan fingerprint density at radius 3 is 2.71 bits per heavy atom. The summed E-state index contributed by atoms with van der Waals surface area (Å²) in [5.74, 6) is 0.924. The molecule has 1 unspecified atom stereocenters. The molecule has 1 atom stereocenters. The third-order valence-corrected chi connectivity index (χ3v) is 7.84. The number of thiocarbonyl (C=S) groups is 1. The van der Waals surface area contributed by atoms with E-state index in [1.165, 1.54) is 41.5 Å². The number of rotatable bonds is 9. The maximum atomic E-state index is 6.38. The maximum absolute atomic E-state index is 6.38.